The minimum Gasteiger partial charge on any atom is -0.482 e. The molecule has 16 heteroatoms. The molecule has 2 fully saturated rings. The molecule has 1 aliphatic heterocycles. The van der Waals surface area contributed by atoms with E-state index in [-0.39, 0.29) is 30.3 Å². The van der Waals surface area contributed by atoms with Gasteiger partial charge in [0, 0.05) is 35.1 Å². The number of aliphatic hydroxyl groups is 1. The topological polar surface area (TPSA) is 182 Å². The lowest BCUT2D eigenvalue weighted by atomic mass is 10.0. The van der Waals surface area contributed by atoms with Crippen LogP contribution in [0, 0.1) is 17.7 Å². The average molecular weight is 815 g/mol. The van der Waals surface area contributed by atoms with Crippen LogP contribution < -0.4 is 10.1 Å². The van der Waals surface area contributed by atoms with Gasteiger partial charge in [-0.1, -0.05) is 26.8 Å². The van der Waals surface area contributed by atoms with Crippen LogP contribution in [0.2, 0.25) is 0 Å². The predicted octanol–water partition coefficient (Wildman–Crippen LogP) is 7.01. The van der Waals surface area contributed by atoms with Crippen molar-refractivity contribution in [1.82, 2.24) is 40.0 Å². The maximum absolute atomic E-state index is 16.4. The number of ether oxygens (including phenoxy) is 2. The molecule has 1 saturated heterocycles. The lowest BCUT2D eigenvalue weighted by Crippen LogP contribution is -2.51. The molecule has 2 aromatic carbocycles. The van der Waals surface area contributed by atoms with Gasteiger partial charge >= 0.3 is 6.09 Å². The summed E-state index contributed by atoms with van der Waals surface area (Å²) in [4.78, 5) is 60.4. The molecule has 0 radical (unpaired) electrons. The van der Waals surface area contributed by atoms with Crippen molar-refractivity contribution in [3.05, 3.63) is 66.3 Å². The minimum atomic E-state index is -0.746. The Morgan fingerprint density at radius 2 is 1.83 bits per heavy atom. The number of benzene rings is 2. The monoisotopic (exact) mass is 814 g/mol. The predicted molar refractivity (Wildman–Crippen MR) is 220 cm³/mol. The van der Waals surface area contributed by atoms with Crippen molar-refractivity contribution < 1.29 is 33.4 Å². The number of hydrogen-bond donors (Lipinski definition) is 5. The quantitative estimate of drug-likeness (QED) is 0.0488. The Labute approximate surface area is 340 Å². The summed E-state index contributed by atoms with van der Waals surface area (Å²) in [5.41, 5.74) is 4.46. The molecular formula is C42H51FN8O6S. The van der Waals surface area contributed by atoms with Crippen LogP contribution in [0.1, 0.15) is 70.6 Å². The number of carbonyl (C=O) groups is 3. The second-order valence-corrected chi connectivity index (χ2v) is 16.3. The fraction of sp³-hybridized carbons (Fsp3) is 0.452. The Morgan fingerprint density at radius 3 is 2.57 bits per heavy atom. The Hall–Kier alpha value is -5.35. The van der Waals surface area contributed by atoms with E-state index in [1.165, 1.54) is 26.0 Å². The van der Waals surface area contributed by atoms with E-state index in [9.17, 15) is 19.5 Å². The zero-order valence-corrected chi connectivity index (χ0v) is 34.1. The van der Waals surface area contributed by atoms with Crippen LogP contribution in [0.4, 0.5) is 9.18 Å². The number of carbonyl (C=O) groups excluding carboxylic acids is 3. The van der Waals surface area contributed by atoms with Crippen molar-refractivity contribution in [2.24, 2.45) is 11.8 Å². The van der Waals surface area contributed by atoms with Gasteiger partial charge in [-0.05, 0) is 80.0 Å². The number of rotatable bonds is 17. The maximum atomic E-state index is 16.4. The van der Waals surface area contributed by atoms with Gasteiger partial charge in [0.2, 0.25) is 11.8 Å². The van der Waals surface area contributed by atoms with Gasteiger partial charge in [0.05, 0.1) is 54.7 Å². The molecule has 14 nitrogen and oxygen atoms in total. The highest BCUT2D eigenvalue weighted by atomic mass is 32.2. The van der Waals surface area contributed by atoms with Crippen molar-refractivity contribution >= 4 is 40.6 Å². The molecular weight excluding hydrogens is 764 g/mol. The lowest BCUT2D eigenvalue weighted by molar-refractivity contribution is -0.135. The zero-order chi connectivity index (χ0) is 40.9. The van der Waals surface area contributed by atoms with E-state index in [1.54, 1.807) is 34.0 Å². The first kappa shape index (κ1) is 40.8. The first-order valence-corrected chi connectivity index (χ1v) is 21.0. The van der Waals surface area contributed by atoms with Crippen LogP contribution in [-0.4, -0.2) is 102 Å². The van der Waals surface area contributed by atoms with Gasteiger partial charge in [0.15, 0.2) is 0 Å². The van der Waals surface area contributed by atoms with Gasteiger partial charge in [-0.3, -0.25) is 9.59 Å². The van der Waals surface area contributed by atoms with Gasteiger partial charge in [0.1, 0.15) is 41.8 Å². The van der Waals surface area contributed by atoms with Crippen LogP contribution in [0.15, 0.2) is 48.8 Å². The Kier molecular flexibility index (Phi) is 12.7. The van der Waals surface area contributed by atoms with Gasteiger partial charge < -0.3 is 44.6 Å². The van der Waals surface area contributed by atoms with Crippen LogP contribution in [-0.2, 0) is 20.9 Å². The number of H-pyrrole nitrogens is 3. The summed E-state index contributed by atoms with van der Waals surface area (Å²) in [5, 5.41) is 13.0. The summed E-state index contributed by atoms with van der Waals surface area (Å²) in [5.74, 6) is 2.49. The molecule has 4 heterocycles. The normalized spacial score (nSPS) is 15.9. The summed E-state index contributed by atoms with van der Waals surface area (Å²) < 4.78 is 27.5. The number of nitrogens with one attached hydrogen (secondary N) is 4. The average Bonchev–Trinajstić information content (AvgIpc) is 3.66. The fourth-order valence-corrected chi connectivity index (χ4v) is 8.42. The first-order valence-electron chi connectivity index (χ1n) is 19.9. The largest absolute Gasteiger partial charge is 0.482 e. The summed E-state index contributed by atoms with van der Waals surface area (Å²) >= 11 is 1.69. The number of methoxy groups -OCH3 is 1. The molecule has 1 aliphatic carbocycles. The molecule has 5 N–H and O–H groups in total. The van der Waals surface area contributed by atoms with E-state index < -0.39 is 24.6 Å². The number of amides is 3. The van der Waals surface area contributed by atoms with E-state index in [0.717, 1.165) is 47.2 Å². The molecule has 58 heavy (non-hydrogen) atoms. The molecule has 3 amide bonds. The Bertz CT molecular complexity index is 2250. The van der Waals surface area contributed by atoms with Gasteiger partial charge in [-0.15, -0.1) is 11.8 Å². The van der Waals surface area contributed by atoms with Crippen LogP contribution in [0.3, 0.4) is 0 Å². The van der Waals surface area contributed by atoms with Crippen LogP contribution >= 0.6 is 11.8 Å². The molecule has 0 bridgehead atoms. The molecule has 0 spiro atoms. The zero-order valence-electron chi connectivity index (χ0n) is 33.3. The molecule has 7 rings (SSSR count). The third-order valence-corrected chi connectivity index (χ3v) is 11.7. The van der Waals surface area contributed by atoms with Crippen LogP contribution in [0.25, 0.3) is 44.7 Å². The van der Waals surface area contributed by atoms with Crippen molar-refractivity contribution in [3.8, 4) is 39.5 Å². The second-order valence-electron chi connectivity index (χ2n) is 15.3. The van der Waals surface area contributed by atoms with Crippen LogP contribution in [0.5, 0.6) is 5.75 Å². The Morgan fingerprint density at radius 1 is 1.03 bits per heavy atom. The summed E-state index contributed by atoms with van der Waals surface area (Å²) in [6, 6.07) is 10.0. The minimum absolute atomic E-state index is 0.152. The number of thioether (sulfide) groups is 1. The van der Waals surface area contributed by atoms with Gasteiger partial charge in [-0.25, -0.2) is 19.2 Å². The molecule has 3 aromatic heterocycles. The number of aromatic amines is 3. The van der Waals surface area contributed by atoms with Gasteiger partial charge in [-0.2, -0.15) is 0 Å². The lowest BCUT2D eigenvalue weighted by Gasteiger charge is -2.28. The summed E-state index contributed by atoms with van der Waals surface area (Å²) in [6.07, 6.45) is 7.42. The first-order chi connectivity index (χ1) is 28.1. The third kappa shape index (κ3) is 9.18. The number of halogens is 1. The molecule has 1 saturated carbocycles. The number of aromatic nitrogens is 5. The summed E-state index contributed by atoms with van der Waals surface area (Å²) in [6.45, 7) is 6.43. The van der Waals surface area contributed by atoms with Crippen molar-refractivity contribution in [2.45, 2.75) is 71.5 Å². The van der Waals surface area contributed by atoms with E-state index in [2.05, 4.69) is 30.2 Å². The highest BCUT2D eigenvalue weighted by Crippen LogP contribution is 2.40. The van der Waals surface area contributed by atoms with E-state index in [4.69, 9.17) is 9.47 Å². The molecule has 308 valence electrons. The number of nitrogens with zero attached hydrogens (tertiary/aromatic N) is 4. The third-order valence-electron chi connectivity index (χ3n) is 10.7. The highest BCUT2D eigenvalue weighted by molar-refractivity contribution is 7.99. The fourth-order valence-electron chi connectivity index (χ4n) is 7.45. The standard InChI is InChI=1S/C42H51FN8O6S/c1-5-12-50(41(54)39(24(2)3)49-42(55)56-4)20-36-44-18-32(47-36)26-10-11-30-27(14-26)16-31(46-30)38-29(43)15-28(17-35(38)57-23-58-22-25-8-9-25)33-19-45-40(48-33)34-7-6-13-51(34)37(53)21-52/h10-11,14-19,24-25,34,39,46,52H,5-9,12-13,20-23H2,1-4H3,(H,44,47)(H,45,48)(H,49,55). The van der Waals surface area contributed by atoms with E-state index in [1.807, 2.05) is 51.1 Å². The van der Waals surface area contributed by atoms with Crippen molar-refractivity contribution in [2.75, 3.05) is 38.5 Å². The Balaban J connectivity index is 1.13. The second kappa shape index (κ2) is 18.1. The molecule has 5 aromatic rings. The number of hydrogen-bond acceptors (Lipinski definition) is 9. The van der Waals surface area contributed by atoms with Gasteiger partial charge in [0.25, 0.3) is 0 Å². The smallest absolute Gasteiger partial charge is 0.407 e. The number of aliphatic hydroxyl groups excluding tert-OH is 1. The van der Waals surface area contributed by atoms with Crippen molar-refractivity contribution in [3.63, 3.8) is 0 Å². The maximum Gasteiger partial charge on any atom is 0.407 e. The number of imidazole rings is 2. The van der Waals surface area contributed by atoms with Crippen molar-refractivity contribution in [1.29, 1.82) is 0 Å². The molecule has 2 unspecified atom stereocenters. The highest BCUT2D eigenvalue weighted by Gasteiger charge is 2.32. The van der Waals surface area contributed by atoms with E-state index in [0.29, 0.717) is 64.9 Å². The molecule has 2 atom stereocenters. The number of fused-ring (bicyclic) bond motifs is 1. The number of likely N-dealkylation sites (tertiary alicyclic amines) is 1. The number of alkyl carbamates (subject to hydrolysis) is 1. The molecule has 2 aliphatic rings. The summed E-state index contributed by atoms with van der Waals surface area (Å²) in [7, 11) is 1.27. The SMILES string of the molecule is CCCN(Cc1ncc(-c2ccc3[nH]c(-c4c(F)cc(-c5cnc(C6CCCN6C(=O)CO)[nH]5)cc4OCSCC4CC4)cc3c2)[nH]1)C(=O)C(NC(=O)OC)C(C)C. The van der Waals surface area contributed by atoms with E-state index >= 15 is 4.39 Å².